The van der Waals surface area contributed by atoms with Crippen LogP contribution in [-0.4, -0.2) is 44.3 Å². The van der Waals surface area contributed by atoms with Crippen molar-refractivity contribution in [1.29, 1.82) is 0 Å². The molecule has 1 N–H and O–H groups in total. The molecule has 0 aliphatic carbocycles. The van der Waals surface area contributed by atoms with E-state index in [0.29, 0.717) is 11.3 Å². The summed E-state index contributed by atoms with van der Waals surface area (Å²) in [4.78, 5) is 22.2. The van der Waals surface area contributed by atoms with Crippen molar-refractivity contribution in [1.82, 2.24) is 9.97 Å². The third-order valence-corrected chi connectivity index (χ3v) is 10.7. The number of hydrogen-bond acceptors (Lipinski definition) is 5. The van der Waals surface area contributed by atoms with Gasteiger partial charge in [0.1, 0.15) is 9.86 Å². The Morgan fingerprint density at radius 3 is 2.36 bits per heavy atom. The zero-order valence-corrected chi connectivity index (χ0v) is 25.3. The number of aromatic nitrogens is 2. The molecule has 0 fully saturated rings. The van der Waals surface area contributed by atoms with Gasteiger partial charge in [-0.1, -0.05) is 48.5 Å². The molecule has 6 aromatic rings. The van der Waals surface area contributed by atoms with E-state index < -0.39 is 10.0 Å². The SMILES string of the molecule is CN(C(=O)CCCl)c1ccc(-c2cnc3[nH]c4ccc(N(C)S(=O)(=O)c5cccs5)cc4c3c2-c2ccccc2)cc1. The summed E-state index contributed by atoms with van der Waals surface area (Å²) in [5, 5.41) is 3.52. The molecule has 42 heavy (non-hydrogen) atoms. The number of carbonyl (C=O) groups is 1. The number of alkyl halides is 1. The fourth-order valence-electron chi connectivity index (χ4n) is 5.10. The van der Waals surface area contributed by atoms with Gasteiger partial charge in [-0.15, -0.1) is 22.9 Å². The topological polar surface area (TPSA) is 86.4 Å². The zero-order chi connectivity index (χ0) is 29.4. The lowest BCUT2D eigenvalue weighted by Crippen LogP contribution is -2.26. The number of amides is 1. The summed E-state index contributed by atoms with van der Waals surface area (Å²) in [7, 11) is -0.383. The molecule has 1 amide bonds. The number of carbonyl (C=O) groups excluding carboxylic acids is 1. The average molecular weight is 615 g/mol. The van der Waals surface area contributed by atoms with Crippen molar-refractivity contribution < 1.29 is 13.2 Å². The van der Waals surface area contributed by atoms with Crippen LogP contribution in [0.15, 0.2) is 101 Å². The highest BCUT2D eigenvalue weighted by Gasteiger charge is 2.24. The van der Waals surface area contributed by atoms with Crippen LogP contribution in [0.5, 0.6) is 0 Å². The second kappa shape index (κ2) is 11.2. The summed E-state index contributed by atoms with van der Waals surface area (Å²) in [6.45, 7) is 0. The molecule has 212 valence electrons. The highest BCUT2D eigenvalue weighted by molar-refractivity contribution is 7.94. The first-order valence-corrected chi connectivity index (χ1v) is 16.1. The number of thiophene rings is 1. The Morgan fingerprint density at radius 1 is 0.929 bits per heavy atom. The van der Waals surface area contributed by atoms with Crippen LogP contribution in [0.4, 0.5) is 11.4 Å². The van der Waals surface area contributed by atoms with E-state index >= 15 is 0 Å². The molecule has 0 radical (unpaired) electrons. The Balaban J connectivity index is 1.53. The molecule has 10 heteroatoms. The summed E-state index contributed by atoms with van der Waals surface area (Å²) in [5.74, 6) is 0.224. The molecule has 0 atom stereocenters. The van der Waals surface area contributed by atoms with Gasteiger partial charge in [0.2, 0.25) is 5.91 Å². The number of hydrogen-bond donors (Lipinski definition) is 1. The third kappa shape index (κ3) is 4.93. The summed E-state index contributed by atoms with van der Waals surface area (Å²) in [6.07, 6.45) is 2.12. The number of sulfonamides is 1. The molecule has 0 unspecified atom stereocenters. The van der Waals surface area contributed by atoms with Crippen LogP contribution >= 0.6 is 22.9 Å². The zero-order valence-electron chi connectivity index (χ0n) is 22.9. The number of nitrogens with zero attached hydrogens (tertiary/aromatic N) is 3. The molecule has 3 aromatic heterocycles. The monoisotopic (exact) mass is 614 g/mol. The van der Waals surface area contributed by atoms with Gasteiger partial charge in [0.15, 0.2) is 0 Å². The summed E-state index contributed by atoms with van der Waals surface area (Å²) < 4.78 is 28.2. The lowest BCUT2D eigenvalue weighted by molar-refractivity contribution is -0.117. The fourth-order valence-corrected chi connectivity index (χ4v) is 7.61. The third-order valence-electron chi connectivity index (χ3n) is 7.39. The Bertz CT molecular complexity index is 2010. The van der Waals surface area contributed by atoms with E-state index in [0.717, 1.165) is 44.2 Å². The molecule has 0 bridgehead atoms. The largest absolute Gasteiger partial charge is 0.339 e. The van der Waals surface area contributed by atoms with Crippen molar-refractivity contribution >= 4 is 72.2 Å². The molecule has 3 heterocycles. The van der Waals surface area contributed by atoms with Gasteiger partial charge < -0.3 is 9.88 Å². The number of aromatic amines is 1. The number of pyridine rings is 1. The summed E-state index contributed by atoms with van der Waals surface area (Å²) >= 11 is 6.97. The first-order chi connectivity index (χ1) is 20.3. The van der Waals surface area contributed by atoms with Crippen molar-refractivity contribution in [2.75, 3.05) is 29.2 Å². The van der Waals surface area contributed by atoms with E-state index in [1.54, 1.807) is 42.6 Å². The Kier molecular flexibility index (Phi) is 7.49. The number of halogens is 1. The van der Waals surface area contributed by atoms with Crippen LogP contribution in [0.25, 0.3) is 44.2 Å². The molecule has 0 aliphatic rings. The van der Waals surface area contributed by atoms with E-state index in [4.69, 9.17) is 16.6 Å². The lowest BCUT2D eigenvalue weighted by Gasteiger charge is -2.19. The number of H-pyrrole nitrogens is 1. The van der Waals surface area contributed by atoms with Crippen molar-refractivity contribution in [2.45, 2.75) is 10.6 Å². The standard InChI is InChI=1S/C32H27ClN4O3S2/c1-36(28(38)16-17-33)23-12-10-21(11-13-23)26-20-34-32-31(30(26)22-7-4-3-5-8-22)25-19-24(14-15-27(25)35-32)37(2)42(39,40)29-9-6-18-41-29/h3-15,18-20H,16-17H2,1-2H3,(H,34,35). The first kappa shape index (κ1) is 28.0. The molecule has 0 aliphatic heterocycles. The molecule has 3 aromatic carbocycles. The highest BCUT2D eigenvalue weighted by atomic mass is 35.5. The van der Waals surface area contributed by atoms with E-state index in [1.807, 2.05) is 60.8 Å². The van der Waals surface area contributed by atoms with Crippen LogP contribution in [0.1, 0.15) is 6.42 Å². The molecule has 7 nitrogen and oxygen atoms in total. The van der Waals surface area contributed by atoms with Crippen molar-refractivity contribution in [3.63, 3.8) is 0 Å². The minimum absolute atomic E-state index is 0.0496. The van der Waals surface area contributed by atoms with Gasteiger partial charge in [0, 0.05) is 65.7 Å². The normalized spacial score (nSPS) is 11.7. The fraction of sp³-hybridized carbons (Fsp3) is 0.125. The Labute approximate surface area is 253 Å². The van der Waals surface area contributed by atoms with Gasteiger partial charge in [-0.3, -0.25) is 9.10 Å². The second-order valence-corrected chi connectivity index (χ2v) is 13.4. The lowest BCUT2D eigenvalue weighted by atomic mass is 9.92. The maximum atomic E-state index is 13.3. The van der Waals surface area contributed by atoms with Gasteiger partial charge in [0.05, 0.1) is 5.69 Å². The smallest absolute Gasteiger partial charge is 0.273 e. The minimum Gasteiger partial charge on any atom is -0.339 e. The maximum Gasteiger partial charge on any atom is 0.273 e. The van der Waals surface area contributed by atoms with E-state index in [2.05, 4.69) is 17.1 Å². The number of benzene rings is 3. The van der Waals surface area contributed by atoms with Gasteiger partial charge in [0.25, 0.3) is 10.0 Å². The van der Waals surface area contributed by atoms with Crippen LogP contribution in [0.3, 0.4) is 0 Å². The number of fused-ring (bicyclic) bond motifs is 3. The van der Waals surface area contributed by atoms with Crippen molar-refractivity contribution in [2.24, 2.45) is 0 Å². The predicted molar refractivity (Wildman–Crippen MR) is 173 cm³/mol. The van der Waals surface area contributed by atoms with Gasteiger partial charge >= 0.3 is 0 Å². The van der Waals surface area contributed by atoms with Crippen LogP contribution in [-0.2, 0) is 14.8 Å². The molecular weight excluding hydrogens is 588 g/mol. The van der Waals surface area contributed by atoms with E-state index in [-0.39, 0.29) is 22.4 Å². The molecule has 0 spiro atoms. The van der Waals surface area contributed by atoms with Crippen LogP contribution in [0, 0.1) is 0 Å². The number of rotatable bonds is 8. The number of anilines is 2. The molecule has 6 rings (SSSR count). The minimum atomic E-state index is -3.70. The maximum absolute atomic E-state index is 13.3. The number of nitrogens with one attached hydrogen (secondary N) is 1. The first-order valence-electron chi connectivity index (χ1n) is 13.2. The Hall–Kier alpha value is -4.18. The molecule has 0 saturated carbocycles. The average Bonchev–Trinajstić information content (AvgIpc) is 3.69. The van der Waals surface area contributed by atoms with E-state index in [1.165, 1.54) is 15.6 Å². The summed E-state index contributed by atoms with van der Waals surface area (Å²) in [5.41, 5.74) is 6.72. The van der Waals surface area contributed by atoms with Crippen molar-refractivity contribution in [3.05, 3.63) is 96.5 Å². The second-order valence-electron chi connectivity index (χ2n) is 9.83. The summed E-state index contributed by atoms with van der Waals surface area (Å²) in [6, 6.07) is 26.8. The van der Waals surface area contributed by atoms with Crippen LogP contribution in [0.2, 0.25) is 0 Å². The molecule has 0 saturated heterocycles. The highest BCUT2D eigenvalue weighted by Crippen LogP contribution is 2.42. The Morgan fingerprint density at radius 2 is 1.67 bits per heavy atom. The molecular formula is C32H27ClN4O3S2. The quantitative estimate of drug-likeness (QED) is 0.180. The van der Waals surface area contributed by atoms with Gasteiger partial charge in [-0.2, -0.15) is 0 Å². The van der Waals surface area contributed by atoms with Crippen molar-refractivity contribution in [3.8, 4) is 22.3 Å². The predicted octanol–water partition coefficient (Wildman–Crippen LogP) is 7.53. The van der Waals surface area contributed by atoms with Gasteiger partial charge in [-0.25, -0.2) is 13.4 Å². The van der Waals surface area contributed by atoms with Crippen LogP contribution < -0.4 is 9.21 Å². The van der Waals surface area contributed by atoms with E-state index in [9.17, 15) is 13.2 Å². The van der Waals surface area contributed by atoms with Gasteiger partial charge in [-0.05, 0) is 52.9 Å².